The summed E-state index contributed by atoms with van der Waals surface area (Å²) in [4.78, 5) is 26.5. The van der Waals surface area contributed by atoms with E-state index in [1.165, 1.54) is 22.4 Å². The van der Waals surface area contributed by atoms with E-state index >= 15 is 0 Å². The third-order valence-electron chi connectivity index (χ3n) is 3.97. The van der Waals surface area contributed by atoms with Gasteiger partial charge in [-0.25, -0.2) is 4.79 Å². The van der Waals surface area contributed by atoms with Crippen LogP contribution in [0.2, 0.25) is 0 Å². The van der Waals surface area contributed by atoms with Crippen LogP contribution in [0, 0.1) is 0 Å². The van der Waals surface area contributed by atoms with Crippen LogP contribution < -0.4 is 0 Å². The smallest absolute Gasteiger partial charge is 0.311 e. The second-order valence-electron chi connectivity index (χ2n) is 5.17. The zero-order valence-corrected chi connectivity index (χ0v) is 11.9. The van der Waals surface area contributed by atoms with E-state index in [2.05, 4.69) is 13.8 Å². The summed E-state index contributed by atoms with van der Waals surface area (Å²) in [6.07, 6.45) is 1.09. The number of imide groups is 1. The lowest BCUT2D eigenvalue weighted by Gasteiger charge is -2.17. The summed E-state index contributed by atoms with van der Waals surface area (Å²) in [7, 11) is 3.19. The molecule has 2 rings (SSSR count). The Morgan fingerprint density at radius 3 is 2.16 bits per heavy atom. The summed E-state index contributed by atoms with van der Waals surface area (Å²) < 4.78 is 0. The molecule has 1 aliphatic rings. The standard InChI is InChI=1S/C15H20N2O2/c1-5-10(2)11-6-8-12(9-7-11)13-14(18)17(4)15(19)16(13)3/h6-10,13H,5H2,1-4H3. The van der Waals surface area contributed by atoms with Crippen molar-refractivity contribution in [3.63, 3.8) is 0 Å². The second-order valence-corrected chi connectivity index (χ2v) is 5.17. The predicted molar refractivity (Wildman–Crippen MR) is 73.8 cm³/mol. The van der Waals surface area contributed by atoms with Gasteiger partial charge in [-0.1, -0.05) is 38.1 Å². The number of nitrogens with zero attached hydrogens (tertiary/aromatic N) is 2. The quantitative estimate of drug-likeness (QED) is 0.784. The molecule has 2 atom stereocenters. The van der Waals surface area contributed by atoms with Gasteiger partial charge in [0, 0.05) is 14.1 Å². The molecule has 0 saturated carbocycles. The van der Waals surface area contributed by atoms with Crippen molar-refractivity contribution in [1.29, 1.82) is 0 Å². The van der Waals surface area contributed by atoms with E-state index in [1.54, 1.807) is 7.05 Å². The van der Waals surface area contributed by atoms with Crippen LogP contribution >= 0.6 is 0 Å². The summed E-state index contributed by atoms with van der Waals surface area (Å²) in [5, 5.41) is 0. The Morgan fingerprint density at radius 1 is 1.16 bits per heavy atom. The fourth-order valence-corrected chi connectivity index (χ4v) is 2.40. The van der Waals surface area contributed by atoms with Gasteiger partial charge in [0.05, 0.1) is 0 Å². The lowest BCUT2D eigenvalue weighted by atomic mass is 9.96. The molecule has 1 aliphatic heterocycles. The van der Waals surface area contributed by atoms with Crippen LogP contribution in [0.25, 0.3) is 0 Å². The molecule has 0 N–H and O–H groups in total. The SMILES string of the molecule is CCC(C)c1ccc(C2C(=O)N(C)C(=O)N2C)cc1. The Balaban J connectivity index is 2.28. The highest BCUT2D eigenvalue weighted by Crippen LogP contribution is 2.29. The topological polar surface area (TPSA) is 40.6 Å². The van der Waals surface area contributed by atoms with Gasteiger partial charge < -0.3 is 4.90 Å². The molecule has 1 heterocycles. The number of likely N-dealkylation sites (N-methyl/N-ethyl adjacent to an activating group) is 2. The molecular weight excluding hydrogens is 240 g/mol. The van der Waals surface area contributed by atoms with E-state index in [-0.39, 0.29) is 11.9 Å². The fourth-order valence-electron chi connectivity index (χ4n) is 2.40. The summed E-state index contributed by atoms with van der Waals surface area (Å²) in [6.45, 7) is 4.33. The van der Waals surface area contributed by atoms with Crippen molar-refractivity contribution in [2.75, 3.05) is 14.1 Å². The average Bonchev–Trinajstić information content (AvgIpc) is 2.62. The maximum Gasteiger partial charge on any atom is 0.327 e. The van der Waals surface area contributed by atoms with Crippen LogP contribution in [0.3, 0.4) is 0 Å². The first-order valence-electron chi connectivity index (χ1n) is 6.61. The summed E-state index contributed by atoms with van der Waals surface area (Å²) in [5.74, 6) is 0.346. The summed E-state index contributed by atoms with van der Waals surface area (Å²) in [5.41, 5.74) is 2.14. The predicted octanol–water partition coefficient (Wildman–Crippen LogP) is 2.77. The second kappa shape index (κ2) is 5.03. The van der Waals surface area contributed by atoms with Gasteiger partial charge in [0.15, 0.2) is 0 Å². The number of hydrogen-bond acceptors (Lipinski definition) is 2. The Bertz CT molecular complexity index is 495. The maximum absolute atomic E-state index is 12.1. The molecule has 0 spiro atoms. The van der Waals surface area contributed by atoms with Gasteiger partial charge >= 0.3 is 6.03 Å². The summed E-state index contributed by atoms with van der Waals surface area (Å²) in [6, 6.07) is 7.27. The number of benzene rings is 1. The van der Waals surface area contributed by atoms with Gasteiger partial charge in [-0.15, -0.1) is 0 Å². The van der Waals surface area contributed by atoms with E-state index in [1.807, 2.05) is 24.3 Å². The first-order chi connectivity index (χ1) is 8.97. The van der Waals surface area contributed by atoms with Gasteiger partial charge in [-0.2, -0.15) is 0 Å². The van der Waals surface area contributed by atoms with Crippen molar-refractivity contribution >= 4 is 11.9 Å². The van der Waals surface area contributed by atoms with Crippen LogP contribution in [0.5, 0.6) is 0 Å². The third-order valence-corrected chi connectivity index (χ3v) is 3.97. The Hall–Kier alpha value is -1.84. The Labute approximate surface area is 114 Å². The van der Waals surface area contributed by atoms with Gasteiger partial charge in [0.1, 0.15) is 6.04 Å². The third kappa shape index (κ3) is 2.23. The molecule has 2 unspecified atom stereocenters. The molecule has 1 aromatic carbocycles. The van der Waals surface area contributed by atoms with Crippen LogP contribution in [-0.2, 0) is 4.79 Å². The summed E-state index contributed by atoms with van der Waals surface area (Å²) >= 11 is 0. The molecule has 102 valence electrons. The van der Waals surface area contributed by atoms with Crippen LogP contribution in [0.15, 0.2) is 24.3 Å². The van der Waals surface area contributed by atoms with E-state index in [4.69, 9.17) is 0 Å². The molecule has 0 aliphatic carbocycles. The van der Waals surface area contributed by atoms with E-state index < -0.39 is 6.04 Å². The largest absolute Gasteiger partial charge is 0.327 e. The zero-order valence-electron chi connectivity index (χ0n) is 11.9. The highest BCUT2D eigenvalue weighted by atomic mass is 16.2. The molecule has 1 fully saturated rings. The lowest BCUT2D eigenvalue weighted by molar-refractivity contribution is -0.127. The Kier molecular flexibility index (Phi) is 3.60. The van der Waals surface area contributed by atoms with Crippen molar-refractivity contribution in [2.45, 2.75) is 32.2 Å². The molecule has 19 heavy (non-hydrogen) atoms. The minimum absolute atomic E-state index is 0.163. The van der Waals surface area contributed by atoms with Crippen molar-refractivity contribution in [3.05, 3.63) is 35.4 Å². The number of amides is 3. The molecule has 3 amide bonds. The first-order valence-corrected chi connectivity index (χ1v) is 6.61. The lowest BCUT2D eigenvalue weighted by Crippen LogP contribution is -2.27. The highest BCUT2D eigenvalue weighted by molar-refractivity contribution is 6.04. The maximum atomic E-state index is 12.1. The minimum atomic E-state index is -0.483. The van der Waals surface area contributed by atoms with Gasteiger partial charge in [0.2, 0.25) is 0 Å². The van der Waals surface area contributed by atoms with E-state index in [0.717, 1.165) is 12.0 Å². The fraction of sp³-hybridized carbons (Fsp3) is 0.467. The van der Waals surface area contributed by atoms with Crippen LogP contribution in [0.4, 0.5) is 4.79 Å². The Morgan fingerprint density at radius 2 is 1.74 bits per heavy atom. The van der Waals surface area contributed by atoms with Crippen molar-refractivity contribution in [3.8, 4) is 0 Å². The first kappa shape index (κ1) is 13.6. The van der Waals surface area contributed by atoms with Crippen molar-refractivity contribution in [2.24, 2.45) is 0 Å². The van der Waals surface area contributed by atoms with Crippen LogP contribution in [0.1, 0.15) is 43.4 Å². The number of hydrogen-bond donors (Lipinski definition) is 0. The average molecular weight is 260 g/mol. The van der Waals surface area contributed by atoms with Crippen molar-refractivity contribution in [1.82, 2.24) is 9.80 Å². The van der Waals surface area contributed by atoms with E-state index in [9.17, 15) is 9.59 Å². The van der Waals surface area contributed by atoms with Gasteiger partial charge in [-0.3, -0.25) is 9.69 Å². The van der Waals surface area contributed by atoms with Gasteiger partial charge in [-0.05, 0) is 23.5 Å². The number of carbonyl (C=O) groups excluding carboxylic acids is 2. The zero-order chi connectivity index (χ0) is 14.2. The molecule has 4 nitrogen and oxygen atoms in total. The van der Waals surface area contributed by atoms with E-state index in [0.29, 0.717) is 5.92 Å². The normalized spacial score (nSPS) is 21.2. The minimum Gasteiger partial charge on any atom is -0.311 e. The molecule has 1 saturated heterocycles. The van der Waals surface area contributed by atoms with Crippen LogP contribution in [-0.4, -0.2) is 35.8 Å². The molecular formula is C15H20N2O2. The molecule has 0 radical (unpaired) electrons. The number of urea groups is 1. The monoisotopic (exact) mass is 260 g/mol. The molecule has 0 bridgehead atoms. The van der Waals surface area contributed by atoms with Crippen molar-refractivity contribution < 1.29 is 9.59 Å². The van der Waals surface area contributed by atoms with Gasteiger partial charge in [0.25, 0.3) is 5.91 Å². The molecule has 0 aromatic heterocycles. The highest BCUT2D eigenvalue weighted by Gasteiger charge is 2.41. The number of rotatable bonds is 3. The number of carbonyl (C=O) groups is 2. The molecule has 4 heteroatoms. The molecule has 1 aromatic rings.